The molecule has 3 aromatic rings. The van der Waals surface area contributed by atoms with E-state index in [0.717, 1.165) is 11.1 Å². The van der Waals surface area contributed by atoms with Crippen molar-refractivity contribution in [2.45, 2.75) is 6.04 Å². The molecule has 0 saturated heterocycles. The van der Waals surface area contributed by atoms with Crippen LogP contribution in [0.3, 0.4) is 0 Å². The summed E-state index contributed by atoms with van der Waals surface area (Å²) in [6.07, 6.45) is 0. The SMILES string of the molecule is CN(C)C[C@@H](NC(=O)c1ccc(-c2ccccc2Cl)o1)c1ccccc1. The predicted molar refractivity (Wildman–Crippen MR) is 104 cm³/mol. The van der Waals surface area contributed by atoms with E-state index in [1.54, 1.807) is 18.2 Å². The van der Waals surface area contributed by atoms with Crippen LogP contribution in [0, 0.1) is 0 Å². The molecule has 0 saturated carbocycles. The molecule has 5 heteroatoms. The van der Waals surface area contributed by atoms with Crippen LogP contribution in [0.4, 0.5) is 0 Å². The highest BCUT2D eigenvalue weighted by molar-refractivity contribution is 6.33. The Labute approximate surface area is 158 Å². The number of likely N-dealkylation sites (N-methyl/N-ethyl adjacent to an activating group) is 1. The Morgan fingerprint density at radius 1 is 1.04 bits per heavy atom. The fourth-order valence-electron chi connectivity index (χ4n) is 2.78. The minimum atomic E-state index is -0.251. The number of amides is 1. The van der Waals surface area contributed by atoms with Gasteiger partial charge < -0.3 is 14.6 Å². The highest BCUT2D eigenvalue weighted by Gasteiger charge is 2.19. The average molecular weight is 369 g/mol. The normalized spacial score (nSPS) is 12.2. The lowest BCUT2D eigenvalue weighted by molar-refractivity contribution is 0.0902. The van der Waals surface area contributed by atoms with Gasteiger partial charge in [0.15, 0.2) is 5.76 Å². The highest BCUT2D eigenvalue weighted by Crippen LogP contribution is 2.29. The molecular weight excluding hydrogens is 348 g/mol. The van der Waals surface area contributed by atoms with E-state index < -0.39 is 0 Å². The number of furan rings is 1. The summed E-state index contributed by atoms with van der Waals surface area (Å²) >= 11 is 6.20. The maximum atomic E-state index is 12.7. The smallest absolute Gasteiger partial charge is 0.287 e. The number of benzene rings is 2. The fourth-order valence-corrected chi connectivity index (χ4v) is 3.01. The summed E-state index contributed by atoms with van der Waals surface area (Å²) in [4.78, 5) is 14.7. The molecule has 26 heavy (non-hydrogen) atoms. The molecule has 4 nitrogen and oxygen atoms in total. The largest absolute Gasteiger partial charge is 0.451 e. The summed E-state index contributed by atoms with van der Waals surface area (Å²) in [5.74, 6) is 0.586. The van der Waals surface area contributed by atoms with Gasteiger partial charge in [0.2, 0.25) is 0 Å². The summed E-state index contributed by atoms with van der Waals surface area (Å²) in [5, 5.41) is 3.64. The van der Waals surface area contributed by atoms with Crippen molar-refractivity contribution in [3.8, 4) is 11.3 Å². The first-order valence-corrected chi connectivity index (χ1v) is 8.77. The van der Waals surface area contributed by atoms with Crippen LogP contribution in [0.25, 0.3) is 11.3 Å². The van der Waals surface area contributed by atoms with E-state index in [-0.39, 0.29) is 17.7 Å². The first-order chi connectivity index (χ1) is 12.5. The zero-order valence-electron chi connectivity index (χ0n) is 14.8. The molecule has 0 aliphatic rings. The molecule has 0 radical (unpaired) electrons. The van der Waals surface area contributed by atoms with Gasteiger partial charge >= 0.3 is 0 Å². The third-order valence-corrected chi connectivity index (χ3v) is 4.35. The maximum Gasteiger partial charge on any atom is 0.287 e. The van der Waals surface area contributed by atoms with Gasteiger partial charge in [-0.15, -0.1) is 0 Å². The van der Waals surface area contributed by atoms with Crippen molar-refractivity contribution in [1.29, 1.82) is 0 Å². The molecule has 1 atom stereocenters. The van der Waals surface area contributed by atoms with Gasteiger partial charge in [-0.2, -0.15) is 0 Å². The number of carbonyl (C=O) groups excluding carboxylic acids is 1. The Morgan fingerprint density at radius 3 is 2.42 bits per heavy atom. The van der Waals surface area contributed by atoms with Crippen molar-refractivity contribution in [2.75, 3.05) is 20.6 Å². The van der Waals surface area contributed by atoms with Crippen LogP contribution in [-0.2, 0) is 0 Å². The summed E-state index contributed by atoms with van der Waals surface area (Å²) < 4.78 is 5.74. The predicted octanol–water partition coefficient (Wildman–Crippen LogP) is 4.63. The summed E-state index contributed by atoms with van der Waals surface area (Å²) in [6.45, 7) is 0.688. The standard InChI is InChI=1S/C21H21ClN2O2/c1-24(2)14-18(15-8-4-3-5-9-15)23-21(25)20-13-12-19(26-20)16-10-6-7-11-17(16)22/h3-13,18H,14H2,1-2H3,(H,23,25)/t18-/m1/s1. The lowest BCUT2D eigenvalue weighted by Gasteiger charge is -2.22. The Bertz CT molecular complexity index is 874. The molecule has 0 aliphatic carbocycles. The Balaban J connectivity index is 1.79. The van der Waals surface area contributed by atoms with Gasteiger partial charge in [0, 0.05) is 12.1 Å². The summed E-state index contributed by atoms with van der Waals surface area (Å²) in [5.41, 5.74) is 1.81. The van der Waals surface area contributed by atoms with Crippen LogP contribution >= 0.6 is 11.6 Å². The number of halogens is 1. The zero-order chi connectivity index (χ0) is 18.5. The number of hydrogen-bond donors (Lipinski definition) is 1. The second-order valence-electron chi connectivity index (χ2n) is 6.34. The van der Waals surface area contributed by atoms with Gasteiger partial charge in [-0.1, -0.05) is 54.1 Å². The van der Waals surface area contributed by atoms with Gasteiger partial charge in [0.05, 0.1) is 11.1 Å². The van der Waals surface area contributed by atoms with Crippen molar-refractivity contribution in [2.24, 2.45) is 0 Å². The third kappa shape index (κ3) is 4.34. The Hall–Kier alpha value is -2.56. The van der Waals surface area contributed by atoms with E-state index >= 15 is 0 Å². The minimum absolute atomic E-state index is 0.132. The molecule has 0 fully saturated rings. The molecule has 1 heterocycles. The van der Waals surface area contributed by atoms with E-state index in [1.807, 2.05) is 67.5 Å². The van der Waals surface area contributed by atoms with E-state index in [9.17, 15) is 4.79 Å². The quantitative estimate of drug-likeness (QED) is 0.689. The topological polar surface area (TPSA) is 45.5 Å². The average Bonchev–Trinajstić information content (AvgIpc) is 3.12. The molecule has 134 valence electrons. The number of rotatable bonds is 6. The molecule has 0 aliphatic heterocycles. The van der Waals surface area contributed by atoms with Crippen LogP contribution in [0.5, 0.6) is 0 Å². The highest BCUT2D eigenvalue weighted by atomic mass is 35.5. The van der Waals surface area contributed by atoms with Crippen LogP contribution in [-0.4, -0.2) is 31.4 Å². The molecule has 1 aromatic heterocycles. The summed E-state index contributed by atoms with van der Waals surface area (Å²) in [6, 6.07) is 20.6. The van der Waals surface area contributed by atoms with Crippen molar-refractivity contribution < 1.29 is 9.21 Å². The van der Waals surface area contributed by atoms with E-state index in [2.05, 4.69) is 5.32 Å². The van der Waals surface area contributed by atoms with Crippen molar-refractivity contribution >= 4 is 17.5 Å². The van der Waals surface area contributed by atoms with Gasteiger partial charge in [0.25, 0.3) is 5.91 Å². The Kier molecular flexibility index (Phi) is 5.76. The van der Waals surface area contributed by atoms with E-state index in [4.69, 9.17) is 16.0 Å². The first-order valence-electron chi connectivity index (χ1n) is 8.40. The van der Waals surface area contributed by atoms with Gasteiger partial charge in [0.1, 0.15) is 5.76 Å². The van der Waals surface area contributed by atoms with Gasteiger partial charge in [-0.3, -0.25) is 4.79 Å². The van der Waals surface area contributed by atoms with Crippen LogP contribution in [0.15, 0.2) is 71.1 Å². The molecule has 0 unspecified atom stereocenters. The molecular formula is C21H21ClN2O2. The molecule has 1 N–H and O–H groups in total. The van der Waals surface area contributed by atoms with Gasteiger partial charge in [-0.25, -0.2) is 0 Å². The van der Waals surface area contributed by atoms with Crippen LogP contribution in [0.1, 0.15) is 22.2 Å². The molecule has 2 aromatic carbocycles. The minimum Gasteiger partial charge on any atom is -0.451 e. The first kappa shape index (κ1) is 18.2. The molecule has 0 spiro atoms. The lowest BCUT2D eigenvalue weighted by Crippen LogP contribution is -2.35. The molecule has 3 rings (SSSR count). The molecule has 1 amide bonds. The van der Waals surface area contributed by atoms with E-state index in [0.29, 0.717) is 17.3 Å². The Morgan fingerprint density at radius 2 is 1.73 bits per heavy atom. The van der Waals surface area contributed by atoms with Crippen LogP contribution in [0.2, 0.25) is 5.02 Å². The maximum absolute atomic E-state index is 12.7. The van der Waals surface area contributed by atoms with Crippen molar-refractivity contribution in [3.63, 3.8) is 0 Å². The van der Waals surface area contributed by atoms with Crippen LogP contribution < -0.4 is 5.32 Å². The number of carbonyl (C=O) groups is 1. The third-order valence-electron chi connectivity index (χ3n) is 4.02. The number of hydrogen-bond acceptors (Lipinski definition) is 3. The second-order valence-corrected chi connectivity index (χ2v) is 6.75. The van der Waals surface area contributed by atoms with Crippen molar-refractivity contribution in [1.82, 2.24) is 10.2 Å². The van der Waals surface area contributed by atoms with E-state index in [1.165, 1.54) is 0 Å². The summed E-state index contributed by atoms with van der Waals surface area (Å²) in [7, 11) is 3.95. The van der Waals surface area contributed by atoms with Crippen molar-refractivity contribution in [3.05, 3.63) is 83.1 Å². The fraction of sp³-hybridized carbons (Fsp3) is 0.190. The zero-order valence-corrected chi connectivity index (χ0v) is 15.5. The lowest BCUT2D eigenvalue weighted by atomic mass is 10.1. The number of nitrogens with zero attached hydrogens (tertiary/aromatic N) is 1. The number of nitrogens with one attached hydrogen (secondary N) is 1. The monoisotopic (exact) mass is 368 g/mol. The second kappa shape index (κ2) is 8.21. The van der Waals surface area contributed by atoms with Gasteiger partial charge in [-0.05, 0) is 43.9 Å². The molecule has 0 bridgehead atoms.